The molecule has 0 heterocycles. The molecule has 0 aliphatic heterocycles. The van der Waals surface area contributed by atoms with Gasteiger partial charge in [-0.2, -0.15) is 5.26 Å². The van der Waals surface area contributed by atoms with E-state index in [2.05, 4.69) is 11.4 Å². The van der Waals surface area contributed by atoms with E-state index in [0.29, 0.717) is 5.56 Å². The molecule has 0 bridgehead atoms. The van der Waals surface area contributed by atoms with Crippen LogP contribution in [0.3, 0.4) is 0 Å². The molecule has 14 heavy (non-hydrogen) atoms. The predicted molar refractivity (Wildman–Crippen MR) is 56.1 cm³/mol. The van der Waals surface area contributed by atoms with Crippen molar-refractivity contribution < 1.29 is 5.11 Å². The van der Waals surface area contributed by atoms with Gasteiger partial charge in [0, 0.05) is 11.7 Å². The highest BCUT2D eigenvalue weighted by molar-refractivity contribution is 5.52. The lowest BCUT2D eigenvalue weighted by molar-refractivity contribution is 0.281. The van der Waals surface area contributed by atoms with E-state index >= 15 is 0 Å². The first-order valence-corrected chi connectivity index (χ1v) is 4.55. The molecule has 0 saturated carbocycles. The van der Waals surface area contributed by atoms with E-state index < -0.39 is 0 Å². The highest BCUT2D eigenvalue weighted by Crippen LogP contribution is 2.14. The summed E-state index contributed by atoms with van der Waals surface area (Å²) in [4.78, 5) is 0. The summed E-state index contributed by atoms with van der Waals surface area (Å²) in [7, 11) is 0. The minimum Gasteiger partial charge on any atom is -0.394 e. The van der Waals surface area contributed by atoms with E-state index in [1.807, 2.05) is 26.0 Å². The molecule has 1 unspecified atom stereocenters. The molecular weight excluding hydrogens is 176 g/mol. The molecule has 2 N–H and O–H groups in total. The molecule has 3 heteroatoms. The summed E-state index contributed by atoms with van der Waals surface area (Å²) < 4.78 is 0. The molecule has 1 aromatic rings. The number of hydrogen-bond acceptors (Lipinski definition) is 3. The van der Waals surface area contributed by atoms with Crippen LogP contribution in [0, 0.1) is 18.3 Å². The highest BCUT2D eigenvalue weighted by atomic mass is 16.3. The quantitative estimate of drug-likeness (QED) is 0.762. The largest absolute Gasteiger partial charge is 0.394 e. The first-order valence-electron chi connectivity index (χ1n) is 4.55. The van der Waals surface area contributed by atoms with Crippen LogP contribution in [0.4, 0.5) is 5.69 Å². The molecule has 0 aliphatic carbocycles. The molecule has 0 aromatic heterocycles. The standard InChI is InChI=1S/C11H14N2O/c1-8-3-10(6-12)5-11(4-8)13-9(2)7-14/h3-5,9,13-14H,7H2,1-2H3. The van der Waals surface area contributed by atoms with Gasteiger partial charge in [0.1, 0.15) is 0 Å². The molecule has 74 valence electrons. The van der Waals surface area contributed by atoms with E-state index in [0.717, 1.165) is 11.3 Å². The van der Waals surface area contributed by atoms with Crippen molar-refractivity contribution in [3.63, 3.8) is 0 Å². The first-order chi connectivity index (χ1) is 6.65. The summed E-state index contributed by atoms with van der Waals surface area (Å²) in [6.07, 6.45) is 0. The Bertz CT molecular complexity index is 355. The van der Waals surface area contributed by atoms with Crippen LogP contribution in [0.25, 0.3) is 0 Å². The average Bonchev–Trinajstić information content (AvgIpc) is 2.16. The van der Waals surface area contributed by atoms with Crippen molar-refractivity contribution in [2.45, 2.75) is 19.9 Å². The minimum absolute atomic E-state index is 0.00310. The average molecular weight is 190 g/mol. The molecule has 0 saturated heterocycles. The summed E-state index contributed by atoms with van der Waals surface area (Å²) >= 11 is 0. The summed E-state index contributed by atoms with van der Waals surface area (Å²) in [6, 6.07) is 7.66. The van der Waals surface area contributed by atoms with Gasteiger partial charge in [-0.25, -0.2) is 0 Å². The third kappa shape index (κ3) is 2.75. The fraction of sp³-hybridized carbons (Fsp3) is 0.364. The van der Waals surface area contributed by atoms with E-state index in [1.165, 1.54) is 0 Å². The maximum Gasteiger partial charge on any atom is 0.0992 e. The highest BCUT2D eigenvalue weighted by Gasteiger charge is 2.01. The van der Waals surface area contributed by atoms with Gasteiger partial charge in [-0.05, 0) is 37.6 Å². The lowest BCUT2D eigenvalue weighted by atomic mass is 10.1. The molecule has 0 aliphatic rings. The maximum absolute atomic E-state index is 8.86. The number of nitrogens with one attached hydrogen (secondary N) is 1. The zero-order valence-electron chi connectivity index (χ0n) is 8.41. The van der Waals surface area contributed by atoms with Crippen LogP contribution < -0.4 is 5.32 Å². The summed E-state index contributed by atoms with van der Waals surface area (Å²) in [5.74, 6) is 0. The molecule has 3 nitrogen and oxygen atoms in total. The van der Waals surface area contributed by atoms with Crippen LogP contribution in [0.2, 0.25) is 0 Å². The Morgan fingerprint density at radius 3 is 2.79 bits per heavy atom. The first kappa shape index (κ1) is 10.6. The van der Waals surface area contributed by atoms with Gasteiger partial charge in [0.15, 0.2) is 0 Å². The second-order valence-electron chi connectivity index (χ2n) is 3.43. The zero-order chi connectivity index (χ0) is 10.6. The Balaban J connectivity index is 2.88. The van der Waals surface area contributed by atoms with E-state index in [9.17, 15) is 0 Å². The van der Waals surface area contributed by atoms with Crippen LogP contribution in [0.5, 0.6) is 0 Å². The molecule has 1 rings (SSSR count). The van der Waals surface area contributed by atoms with Gasteiger partial charge in [0.25, 0.3) is 0 Å². The number of nitrogens with zero attached hydrogens (tertiary/aromatic N) is 1. The van der Waals surface area contributed by atoms with E-state index in [1.54, 1.807) is 6.07 Å². The molecule has 0 amide bonds. The van der Waals surface area contributed by atoms with Gasteiger partial charge in [-0.3, -0.25) is 0 Å². The van der Waals surface area contributed by atoms with Crippen LogP contribution in [0.1, 0.15) is 18.1 Å². The molecule has 1 atom stereocenters. The van der Waals surface area contributed by atoms with Crippen molar-refractivity contribution in [2.24, 2.45) is 0 Å². The Morgan fingerprint density at radius 2 is 2.21 bits per heavy atom. The lowest BCUT2D eigenvalue weighted by Crippen LogP contribution is -2.19. The number of rotatable bonds is 3. The SMILES string of the molecule is Cc1cc(C#N)cc(NC(C)CO)c1. The predicted octanol–water partition coefficient (Wildman–Crippen LogP) is 1.66. The van der Waals surface area contributed by atoms with Gasteiger partial charge < -0.3 is 10.4 Å². The van der Waals surface area contributed by atoms with Crippen LogP contribution in [-0.2, 0) is 0 Å². The number of aliphatic hydroxyl groups excluding tert-OH is 1. The molecule has 1 aromatic carbocycles. The fourth-order valence-electron chi connectivity index (χ4n) is 1.26. The van der Waals surface area contributed by atoms with Crippen molar-refractivity contribution in [3.8, 4) is 6.07 Å². The summed E-state index contributed by atoms with van der Waals surface area (Å²) in [5.41, 5.74) is 2.55. The normalized spacial score (nSPS) is 11.9. The molecule has 0 radical (unpaired) electrons. The third-order valence-electron chi connectivity index (χ3n) is 1.89. The lowest BCUT2D eigenvalue weighted by Gasteiger charge is -2.12. The van der Waals surface area contributed by atoms with Crippen molar-refractivity contribution in [2.75, 3.05) is 11.9 Å². The van der Waals surface area contributed by atoms with E-state index in [-0.39, 0.29) is 12.6 Å². The Morgan fingerprint density at radius 1 is 1.50 bits per heavy atom. The van der Waals surface area contributed by atoms with E-state index in [4.69, 9.17) is 10.4 Å². The number of nitriles is 1. The Hall–Kier alpha value is -1.53. The summed E-state index contributed by atoms with van der Waals surface area (Å²) in [6.45, 7) is 3.90. The van der Waals surface area contributed by atoms with Crippen LogP contribution in [-0.4, -0.2) is 17.8 Å². The maximum atomic E-state index is 8.86. The Kier molecular flexibility index (Phi) is 3.49. The topological polar surface area (TPSA) is 56.0 Å². The zero-order valence-corrected chi connectivity index (χ0v) is 8.41. The van der Waals surface area contributed by atoms with Gasteiger partial charge in [0.05, 0.1) is 18.2 Å². The number of anilines is 1. The molecule has 0 fully saturated rings. The van der Waals surface area contributed by atoms with Gasteiger partial charge in [-0.15, -0.1) is 0 Å². The molecular formula is C11H14N2O. The molecule has 0 spiro atoms. The van der Waals surface area contributed by atoms with Gasteiger partial charge in [0.2, 0.25) is 0 Å². The second-order valence-corrected chi connectivity index (χ2v) is 3.43. The number of hydrogen-bond donors (Lipinski definition) is 2. The number of aliphatic hydroxyl groups is 1. The third-order valence-corrected chi connectivity index (χ3v) is 1.89. The van der Waals surface area contributed by atoms with Gasteiger partial charge >= 0.3 is 0 Å². The van der Waals surface area contributed by atoms with Gasteiger partial charge in [-0.1, -0.05) is 0 Å². The smallest absolute Gasteiger partial charge is 0.0992 e. The number of benzene rings is 1. The fourth-order valence-corrected chi connectivity index (χ4v) is 1.26. The Labute approximate surface area is 84.0 Å². The van der Waals surface area contributed by atoms with Crippen molar-refractivity contribution in [3.05, 3.63) is 29.3 Å². The summed E-state index contributed by atoms with van der Waals surface area (Å²) in [5, 5.41) is 20.7. The number of aryl methyl sites for hydroxylation is 1. The van der Waals surface area contributed by atoms with Crippen molar-refractivity contribution >= 4 is 5.69 Å². The van der Waals surface area contributed by atoms with Crippen LogP contribution in [0.15, 0.2) is 18.2 Å². The monoisotopic (exact) mass is 190 g/mol. The minimum atomic E-state index is 0.00310. The van der Waals surface area contributed by atoms with Crippen LogP contribution >= 0.6 is 0 Å². The second kappa shape index (κ2) is 4.64. The van der Waals surface area contributed by atoms with Crippen molar-refractivity contribution in [1.29, 1.82) is 5.26 Å². The van der Waals surface area contributed by atoms with Crippen molar-refractivity contribution in [1.82, 2.24) is 0 Å².